The molecule has 1 fully saturated rings. The highest BCUT2D eigenvalue weighted by atomic mass is 16.1. The van der Waals surface area contributed by atoms with Crippen molar-refractivity contribution in [1.82, 2.24) is 5.32 Å². The number of nitrogens with one attached hydrogen (secondary N) is 1. The summed E-state index contributed by atoms with van der Waals surface area (Å²) in [5, 5.41) is 3.01. The molecule has 2 nitrogen and oxygen atoms in total. The summed E-state index contributed by atoms with van der Waals surface area (Å²) in [4.78, 5) is 11.0. The highest BCUT2D eigenvalue weighted by Gasteiger charge is 2.25. The standard InChI is InChI=1S/C9H17NO/c1-3-4-9(11)10-8-5-7(2)6-8/h7-8H,3-6H2,1-2H3,(H,10,11). The summed E-state index contributed by atoms with van der Waals surface area (Å²) in [5.41, 5.74) is 0. The largest absolute Gasteiger partial charge is 0.353 e. The predicted molar refractivity (Wildman–Crippen MR) is 45.2 cm³/mol. The third kappa shape index (κ3) is 2.52. The molecule has 11 heavy (non-hydrogen) atoms. The quantitative estimate of drug-likeness (QED) is 0.660. The SMILES string of the molecule is CCCC(=O)NC1CC(C)C1. The predicted octanol–water partition coefficient (Wildman–Crippen LogP) is 1.70. The Morgan fingerprint density at radius 1 is 1.55 bits per heavy atom. The monoisotopic (exact) mass is 155 g/mol. The Balaban J connectivity index is 2.07. The number of hydrogen-bond donors (Lipinski definition) is 1. The van der Waals surface area contributed by atoms with Gasteiger partial charge in [0, 0.05) is 12.5 Å². The average molecular weight is 155 g/mol. The van der Waals surface area contributed by atoms with Gasteiger partial charge in [-0.25, -0.2) is 0 Å². The molecule has 0 aromatic rings. The van der Waals surface area contributed by atoms with E-state index in [0.717, 1.165) is 12.3 Å². The van der Waals surface area contributed by atoms with Crippen LogP contribution < -0.4 is 5.32 Å². The molecule has 2 heteroatoms. The molecule has 64 valence electrons. The lowest BCUT2D eigenvalue weighted by Crippen LogP contribution is -2.43. The fraction of sp³-hybridized carbons (Fsp3) is 0.889. The number of hydrogen-bond acceptors (Lipinski definition) is 1. The number of carbonyl (C=O) groups is 1. The Hall–Kier alpha value is -0.530. The van der Waals surface area contributed by atoms with Gasteiger partial charge in [0.05, 0.1) is 0 Å². The number of carbonyl (C=O) groups excluding carboxylic acids is 1. The molecule has 0 aromatic carbocycles. The number of amides is 1. The first kappa shape index (κ1) is 8.57. The molecule has 0 heterocycles. The molecule has 1 amide bonds. The topological polar surface area (TPSA) is 29.1 Å². The molecule has 0 saturated heterocycles. The van der Waals surface area contributed by atoms with Crippen LogP contribution in [0.4, 0.5) is 0 Å². The van der Waals surface area contributed by atoms with E-state index in [1.807, 2.05) is 6.92 Å². The molecule has 0 bridgehead atoms. The Kier molecular flexibility index (Phi) is 2.92. The normalized spacial score (nSPS) is 29.3. The van der Waals surface area contributed by atoms with E-state index in [1.165, 1.54) is 12.8 Å². The molecule has 0 unspecified atom stereocenters. The van der Waals surface area contributed by atoms with Crippen LogP contribution in [-0.4, -0.2) is 11.9 Å². The zero-order valence-electron chi connectivity index (χ0n) is 7.39. The lowest BCUT2D eigenvalue weighted by Gasteiger charge is -2.33. The summed E-state index contributed by atoms with van der Waals surface area (Å²) in [6.45, 7) is 4.26. The molecule has 1 saturated carbocycles. The van der Waals surface area contributed by atoms with Gasteiger partial charge in [0.1, 0.15) is 0 Å². The Morgan fingerprint density at radius 2 is 2.18 bits per heavy atom. The molecular formula is C9H17NO. The van der Waals surface area contributed by atoms with Gasteiger partial charge >= 0.3 is 0 Å². The van der Waals surface area contributed by atoms with Crippen molar-refractivity contribution in [3.63, 3.8) is 0 Å². The maximum Gasteiger partial charge on any atom is 0.220 e. The third-order valence-electron chi connectivity index (χ3n) is 2.22. The zero-order chi connectivity index (χ0) is 8.27. The fourth-order valence-electron chi connectivity index (χ4n) is 1.55. The molecule has 1 rings (SSSR count). The Labute approximate surface area is 68.4 Å². The number of rotatable bonds is 3. The molecule has 0 aromatic heterocycles. The van der Waals surface area contributed by atoms with Crippen LogP contribution >= 0.6 is 0 Å². The van der Waals surface area contributed by atoms with Crippen molar-refractivity contribution in [2.75, 3.05) is 0 Å². The summed E-state index contributed by atoms with van der Waals surface area (Å²) < 4.78 is 0. The smallest absolute Gasteiger partial charge is 0.220 e. The molecular weight excluding hydrogens is 138 g/mol. The Bertz CT molecular complexity index is 138. The van der Waals surface area contributed by atoms with Gasteiger partial charge in [-0.15, -0.1) is 0 Å². The Morgan fingerprint density at radius 3 is 2.64 bits per heavy atom. The summed E-state index contributed by atoms with van der Waals surface area (Å²) in [6, 6.07) is 0.490. The van der Waals surface area contributed by atoms with E-state index in [9.17, 15) is 4.79 Å². The average Bonchev–Trinajstić information content (AvgIpc) is 1.85. The van der Waals surface area contributed by atoms with E-state index < -0.39 is 0 Å². The van der Waals surface area contributed by atoms with Crippen molar-refractivity contribution in [2.45, 2.75) is 45.6 Å². The first-order chi connectivity index (χ1) is 5.22. The maximum absolute atomic E-state index is 11.0. The summed E-state index contributed by atoms with van der Waals surface area (Å²) >= 11 is 0. The second-order valence-electron chi connectivity index (χ2n) is 3.59. The van der Waals surface area contributed by atoms with Crippen LogP contribution in [0.15, 0.2) is 0 Å². The minimum atomic E-state index is 0.226. The molecule has 0 aliphatic heterocycles. The van der Waals surface area contributed by atoms with Crippen molar-refractivity contribution in [3.05, 3.63) is 0 Å². The molecule has 1 N–H and O–H groups in total. The van der Waals surface area contributed by atoms with E-state index in [-0.39, 0.29) is 5.91 Å². The molecule has 0 radical (unpaired) electrons. The minimum absolute atomic E-state index is 0.226. The van der Waals surface area contributed by atoms with Crippen LogP contribution in [0, 0.1) is 5.92 Å². The zero-order valence-corrected chi connectivity index (χ0v) is 7.39. The molecule has 1 aliphatic carbocycles. The highest BCUT2D eigenvalue weighted by molar-refractivity contribution is 5.76. The van der Waals surface area contributed by atoms with Gasteiger partial charge in [-0.1, -0.05) is 13.8 Å². The summed E-state index contributed by atoms with van der Waals surface area (Å²) in [6.07, 6.45) is 3.99. The van der Waals surface area contributed by atoms with E-state index in [4.69, 9.17) is 0 Å². The minimum Gasteiger partial charge on any atom is -0.353 e. The van der Waals surface area contributed by atoms with Crippen LogP contribution in [0.1, 0.15) is 39.5 Å². The van der Waals surface area contributed by atoms with E-state index in [0.29, 0.717) is 12.5 Å². The first-order valence-corrected chi connectivity index (χ1v) is 4.51. The van der Waals surface area contributed by atoms with Gasteiger partial charge < -0.3 is 5.32 Å². The molecule has 0 atom stereocenters. The van der Waals surface area contributed by atoms with Gasteiger partial charge in [-0.3, -0.25) is 4.79 Å². The molecule has 1 aliphatic rings. The van der Waals surface area contributed by atoms with Gasteiger partial charge in [-0.2, -0.15) is 0 Å². The third-order valence-corrected chi connectivity index (χ3v) is 2.22. The maximum atomic E-state index is 11.0. The first-order valence-electron chi connectivity index (χ1n) is 4.51. The lowest BCUT2D eigenvalue weighted by atomic mass is 9.82. The van der Waals surface area contributed by atoms with Crippen molar-refractivity contribution in [2.24, 2.45) is 5.92 Å². The van der Waals surface area contributed by atoms with Gasteiger partial charge in [0.2, 0.25) is 5.91 Å². The second kappa shape index (κ2) is 3.74. The van der Waals surface area contributed by atoms with Gasteiger partial charge in [-0.05, 0) is 25.2 Å². The van der Waals surface area contributed by atoms with Crippen molar-refractivity contribution < 1.29 is 4.79 Å². The summed E-state index contributed by atoms with van der Waals surface area (Å²) in [7, 11) is 0. The van der Waals surface area contributed by atoms with Crippen LogP contribution in [0.3, 0.4) is 0 Å². The van der Waals surface area contributed by atoms with Crippen LogP contribution in [-0.2, 0) is 4.79 Å². The van der Waals surface area contributed by atoms with Gasteiger partial charge in [0.15, 0.2) is 0 Å². The van der Waals surface area contributed by atoms with Crippen molar-refractivity contribution in [3.8, 4) is 0 Å². The van der Waals surface area contributed by atoms with E-state index in [1.54, 1.807) is 0 Å². The second-order valence-corrected chi connectivity index (χ2v) is 3.59. The van der Waals surface area contributed by atoms with Crippen molar-refractivity contribution in [1.29, 1.82) is 0 Å². The van der Waals surface area contributed by atoms with E-state index >= 15 is 0 Å². The molecule has 0 spiro atoms. The van der Waals surface area contributed by atoms with Crippen LogP contribution in [0.5, 0.6) is 0 Å². The van der Waals surface area contributed by atoms with E-state index in [2.05, 4.69) is 12.2 Å². The highest BCUT2D eigenvalue weighted by Crippen LogP contribution is 2.26. The van der Waals surface area contributed by atoms with Crippen LogP contribution in [0.25, 0.3) is 0 Å². The summed E-state index contributed by atoms with van der Waals surface area (Å²) in [5.74, 6) is 1.05. The lowest BCUT2D eigenvalue weighted by molar-refractivity contribution is -0.122. The van der Waals surface area contributed by atoms with Crippen molar-refractivity contribution >= 4 is 5.91 Å². The van der Waals surface area contributed by atoms with Gasteiger partial charge in [0.25, 0.3) is 0 Å². The van der Waals surface area contributed by atoms with Crippen LogP contribution in [0.2, 0.25) is 0 Å². The fourth-order valence-corrected chi connectivity index (χ4v) is 1.55.